The molecule has 0 radical (unpaired) electrons. The molecule has 1 heterocycles. The summed E-state index contributed by atoms with van der Waals surface area (Å²) in [5, 5.41) is 48.8. The van der Waals surface area contributed by atoms with Gasteiger partial charge in [-0.15, -0.1) is 0 Å². The number of Topliss-reactive ketones (excluding diaryl/α,β-unsaturated/α-hetero) is 1. The number of ketones is 1. The number of pyridine rings is 1. The van der Waals surface area contributed by atoms with Crippen LogP contribution in [0.25, 0.3) is 11.1 Å². The number of hydrogen-bond donors (Lipinski definition) is 6. The molecule has 14 heteroatoms. The van der Waals surface area contributed by atoms with Gasteiger partial charge in [0.15, 0.2) is 0 Å². The molecular formula is C39H49ClN2O10S. The number of para-hydroxylation sites is 1. The van der Waals surface area contributed by atoms with E-state index >= 15 is 0 Å². The molecule has 3 saturated carbocycles. The van der Waals surface area contributed by atoms with Crippen LogP contribution in [0.5, 0.6) is 5.75 Å². The van der Waals surface area contributed by atoms with Gasteiger partial charge in [0.25, 0.3) is 0 Å². The van der Waals surface area contributed by atoms with E-state index < -0.39 is 46.6 Å². The van der Waals surface area contributed by atoms with Gasteiger partial charge in [-0.05, 0) is 105 Å². The number of rotatable bonds is 19. The summed E-state index contributed by atoms with van der Waals surface area (Å²) in [5.41, 5.74) is 2.90. The lowest BCUT2D eigenvalue weighted by molar-refractivity contribution is -0.128. The Balaban J connectivity index is 1.01. The van der Waals surface area contributed by atoms with E-state index in [9.17, 15) is 33.6 Å². The average Bonchev–Trinajstić information content (AvgIpc) is 4.13. The molecule has 1 aromatic heterocycles. The summed E-state index contributed by atoms with van der Waals surface area (Å²) < 4.78 is 42.3. The third kappa shape index (κ3) is 9.83. The first-order chi connectivity index (χ1) is 25.4. The van der Waals surface area contributed by atoms with Crippen LogP contribution in [0.1, 0.15) is 75.3 Å². The number of nitrogens with zero attached hydrogens (tertiary/aromatic N) is 1. The van der Waals surface area contributed by atoms with E-state index in [4.69, 9.17) is 26.2 Å². The summed E-state index contributed by atoms with van der Waals surface area (Å²) in [6, 6.07) is 14.5. The Morgan fingerprint density at radius 2 is 1.66 bits per heavy atom. The van der Waals surface area contributed by atoms with Crippen molar-refractivity contribution in [2.75, 3.05) is 13.2 Å². The number of aromatic nitrogens is 1. The van der Waals surface area contributed by atoms with Crippen LogP contribution >= 0.6 is 11.6 Å². The molecule has 0 bridgehead atoms. The minimum Gasteiger partial charge on any atom is -0.490 e. The third-order valence-corrected chi connectivity index (χ3v) is 12.5. The lowest BCUT2D eigenvalue weighted by Gasteiger charge is -2.29. The lowest BCUT2D eigenvalue weighted by atomic mass is 9.79. The van der Waals surface area contributed by atoms with E-state index in [1.54, 1.807) is 18.3 Å². The summed E-state index contributed by atoms with van der Waals surface area (Å²) in [6.45, 7) is -0.455. The second-order valence-corrected chi connectivity index (χ2v) is 16.8. The minimum atomic E-state index is -3.87. The van der Waals surface area contributed by atoms with Crippen molar-refractivity contribution in [3.05, 3.63) is 77.1 Å². The van der Waals surface area contributed by atoms with Crippen molar-refractivity contribution < 1.29 is 48.2 Å². The zero-order valence-electron chi connectivity index (χ0n) is 29.5. The van der Waals surface area contributed by atoms with Crippen LogP contribution in [-0.2, 0) is 31.8 Å². The zero-order valence-corrected chi connectivity index (χ0v) is 31.1. The number of ether oxygens (including phenoxy) is 2. The highest BCUT2D eigenvalue weighted by molar-refractivity contribution is 7.89. The van der Waals surface area contributed by atoms with Crippen LogP contribution in [0.2, 0.25) is 5.02 Å². The quantitative estimate of drug-likeness (QED) is 0.103. The average molecular weight is 773 g/mol. The monoisotopic (exact) mass is 772 g/mol. The fraction of sp³-hybridized carbons (Fsp3) is 0.538. The maximum absolute atomic E-state index is 13.4. The molecule has 0 spiro atoms. The van der Waals surface area contributed by atoms with E-state index in [0.29, 0.717) is 36.3 Å². The Hall–Kier alpha value is -2.98. The Labute approximate surface area is 315 Å². The SMILES string of the molecule is O=C(CC[C@H](O)[C@@H](O)[C@H](O)[C@H](O)CO)C1CCC(CNS(=O)(=O)c2ccc(Cl)c(COC3(c4cnccc4-c4ccccc4OC4CC4)CC3)c2)CC1. The number of aliphatic hydroxyl groups is 5. The summed E-state index contributed by atoms with van der Waals surface area (Å²) in [7, 11) is -3.87. The smallest absolute Gasteiger partial charge is 0.240 e. The standard InChI is InChI=1S/C39H49ClN2O10S/c40-32-12-11-28(53(49,50)42-20-24-5-7-25(8-6-24)33(44)13-14-34(45)37(47)38(48)35(46)22-43)19-26(32)23-51-39(16-17-39)31-21-41-18-15-29(31)30-3-1-2-4-36(30)52-27-9-10-27/h1-4,11-12,15,18-19,21,24-25,27,34-35,37-38,42-43,45-48H,5-10,13-14,16-17,20,22-23H2/t24?,25?,34-,35+,37+,38+/m0/s1. The number of nitrogens with one attached hydrogen (secondary N) is 1. The summed E-state index contributed by atoms with van der Waals surface area (Å²) in [4.78, 5) is 17.3. The van der Waals surface area contributed by atoms with Gasteiger partial charge >= 0.3 is 0 Å². The normalized spacial score (nSPS) is 22.1. The number of benzene rings is 2. The third-order valence-electron chi connectivity index (χ3n) is 10.7. The Morgan fingerprint density at radius 1 is 0.943 bits per heavy atom. The van der Waals surface area contributed by atoms with Gasteiger partial charge in [0.05, 0.1) is 35.9 Å². The summed E-state index contributed by atoms with van der Waals surface area (Å²) in [6.07, 6.45) is 3.34. The maximum Gasteiger partial charge on any atom is 0.240 e. The maximum atomic E-state index is 13.4. The number of sulfonamides is 1. The van der Waals surface area contributed by atoms with Crippen molar-refractivity contribution in [1.29, 1.82) is 0 Å². The largest absolute Gasteiger partial charge is 0.490 e. The van der Waals surface area contributed by atoms with Gasteiger partial charge in [-0.3, -0.25) is 9.78 Å². The molecule has 12 nitrogen and oxygen atoms in total. The Bertz CT molecular complexity index is 1830. The second kappa shape index (κ2) is 17.2. The molecule has 2 aromatic carbocycles. The zero-order chi connectivity index (χ0) is 37.8. The van der Waals surface area contributed by atoms with Gasteiger partial charge in [0.1, 0.15) is 29.8 Å². The van der Waals surface area contributed by atoms with Crippen LogP contribution in [-0.4, -0.2) is 88.4 Å². The van der Waals surface area contributed by atoms with Gasteiger partial charge in [0, 0.05) is 47.4 Å². The highest BCUT2D eigenvalue weighted by Gasteiger charge is 2.48. The highest BCUT2D eigenvalue weighted by atomic mass is 35.5. The summed E-state index contributed by atoms with van der Waals surface area (Å²) in [5.74, 6) is 0.540. The first-order valence-electron chi connectivity index (χ1n) is 18.4. The van der Waals surface area contributed by atoms with Gasteiger partial charge < -0.3 is 35.0 Å². The molecule has 3 fully saturated rings. The predicted octanol–water partition coefficient (Wildman–Crippen LogP) is 4.02. The van der Waals surface area contributed by atoms with Crippen LogP contribution in [0.4, 0.5) is 0 Å². The van der Waals surface area contributed by atoms with Gasteiger partial charge in [-0.1, -0.05) is 29.8 Å². The lowest BCUT2D eigenvalue weighted by Crippen LogP contribution is -2.46. The first-order valence-corrected chi connectivity index (χ1v) is 20.3. The number of halogens is 1. The minimum absolute atomic E-state index is 0.0153. The Morgan fingerprint density at radius 3 is 2.36 bits per heavy atom. The van der Waals surface area contributed by atoms with Crippen molar-refractivity contribution in [2.45, 2.75) is 112 Å². The molecule has 53 heavy (non-hydrogen) atoms. The molecule has 0 unspecified atom stereocenters. The fourth-order valence-electron chi connectivity index (χ4n) is 7.03. The van der Waals surface area contributed by atoms with E-state index in [-0.39, 0.29) is 54.6 Å². The molecular weight excluding hydrogens is 724 g/mol. The fourth-order valence-corrected chi connectivity index (χ4v) is 8.37. The molecule has 0 aliphatic heterocycles. The van der Waals surface area contributed by atoms with Gasteiger partial charge in [-0.2, -0.15) is 0 Å². The Kier molecular flexibility index (Phi) is 12.9. The van der Waals surface area contributed by atoms with Crippen molar-refractivity contribution in [2.24, 2.45) is 11.8 Å². The summed E-state index contributed by atoms with van der Waals surface area (Å²) >= 11 is 6.56. The van der Waals surface area contributed by atoms with E-state index in [1.165, 1.54) is 6.07 Å². The number of hydrogen-bond acceptors (Lipinski definition) is 11. The predicted molar refractivity (Wildman–Crippen MR) is 196 cm³/mol. The highest BCUT2D eigenvalue weighted by Crippen LogP contribution is 2.53. The number of carbonyl (C=O) groups excluding carboxylic acids is 1. The molecule has 288 valence electrons. The second-order valence-electron chi connectivity index (χ2n) is 14.6. The van der Waals surface area contributed by atoms with Crippen LogP contribution in [0, 0.1) is 11.8 Å². The number of aliphatic hydroxyl groups excluding tert-OH is 5. The number of carbonyl (C=O) groups is 1. The first kappa shape index (κ1) is 39.7. The van der Waals surface area contributed by atoms with Crippen molar-refractivity contribution in [3.8, 4) is 16.9 Å². The molecule has 6 N–H and O–H groups in total. The van der Waals surface area contributed by atoms with E-state index in [0.717, 1.165) is 48.1 Å². The van der Waals surface area contributed by atoms with E-state index in [1.807, 2.05) is 36.5 Å². The molecule has 0 saturated heterocycles. The van der Waals surface area contributed by atoms with Gasteiger partial charge in [0.2, 0.25) is 10.0 Å². The molecule has 6 rings (SSSR count). The van der Waals surface area contributed by atoms with Gasteiger partial charge in [-0.25, -0.2) is 13.1 Å². The molecule has 3 aromatic rings. The topological polar surface area (TPSA) is 196 Å². The van der Waals surface area contributed by atoms with Crippen molar-refractivity contribution in [1.82, 2.24) is 9.71 Å². The molecule has 4 atom stereocenters. The van der Waals surface area contributed by atoms with Crippen LogP contribution in [0.3, 0.4) is 0 Å². The van der Waals surface area contributed by atoms with E-state index in [2.05, 4.69) is 9.71 Å². The van der Waals surface area contributed by atoms with Crippen LogP contribution < -0.4 is 9.46 Å². The molecule has 0 amide bonds. The van der Waals surface area contributed by atoms with Crippen molar-refractivity contribution in [3.63, 3.8) is 0 Å². The van der Waals surface area contributed by atoms with Crippen LogP contribution in [0.15, 0.2) is 65.8 Å². The molecule has 3 aliphatic carbocycles. The molecule has 3 aliphatic rings. The van der Waals surface area contributed by atoms with Crippen molar-refractivity contribution >= 4 is 27.4 Å².